The highest BCUT2D eigenvalue weighted by atomic mass is 35.5. The summed E-state index contributed by atoms with van der Waals surface area (Å²) in [5, 5.41) is 13.3. The number of carboxylic acids is 1. The second-order valence-corrected chi connectivity index (χ2v) is 10.5. The summed E-state index contributed by atoms with van der Waals surface area (Å²) in [7, 11) is 0. The zero-order chi connectivity index (χ0) is 21.5. The summed E-state index contributed by atoms with van der Waals surface area (Å²) in [6, 6.07) is 13.4. The molecule has 158 valence electrons. The standard InChI is InChI=1S/C23H19ClN2O3S2/c24-16-4-2-1-3-14(16)11-30-23-26-17-8-7-15(10-18(17)31-23)25-21(27)19-12-5-6-13(9-12)20(19)22(28)29/h1-8,10,12-13,19-20H,9,11H2,(H,25,27)(H,28,29)/t12-,13-,19-,20-/m0/s1. The second kappa shape index (κ2) is 8.30. The maximum absolute atomic E-state index is 12.9. The van der Waals surface area contributed by atoms with Gasteiger partial charge in [0.25, 0.3) is 0 Å². The minimum atomic E-state index is -0.893. The SMILES string of the molecule is O=C(O)[C@@H]1[C@@H](C(=O)Nc2ccc3nc(SCc4ccccc4Cl)sc3c2)[C@H]2C=C[C@H]1C2. The number of carboxylic acid groups (broad SMARTS) is 1. The number of amides is 1. The van der Waals surface area contributed by atoms with Crippen LogP contribution in [0.25, 0.3) is 10.2 Å². The van der Waals surface area contributed by atoms with Gasteiger partial charge in [0.1, 0.15) is 0 Å². The number of nitrogens with zero attached hydrogens (tertiary/aromatic N) is 1. The Labute approximate surface area is 192 Å². The first-order valence-corrected chi connectivity index (χ1v) is 12.2. The molecule has 31 heavy (non-hydrogen) atoms. The number of hydrogen-bond acceptors (Lipinski definition) is 5. The lowest BCUT2D eigenvalue weighted by Gasteiger charge is -2.23. The number of carbonyl (C=O) groups excluding carboxylic acids is 1. The molecule has 1 saturated carbocycles. The van der Waals surface area contributed by atoms with Gasteiger partial charge < -0.3 is 10.4 Å². The number of thiazole rings is 1. The number of aliphatic carboxylic acids is 1. The molecule has 3 aromatic rings. The van der Waals surface area contributed by atoms with Crippen molar-refractivity contribution in [3.05, 3.63) is 65.2 Å². The van der Waals surface area contributed by atoms with Crippen molar-refractivity contribution >= 4 is 62.5 Å². The average Bonchev–Trinajstić information content (AvgIpc) is 3.46. The monoisotopic (exact) mass is 470 g/mol. The summed E-state index contributed by atoms with van der Waals surface area (Å²) in [6.07, 6.45) is 4.68. The van der Waals surface area contributed by atoms with Crippen LogP contribution in [0.15, 0.2) is 59.0 Å². The third kappa shape index (κ3) is 3.97. The summed E-state index contributed by atoms with van der Waals surface area (Å²) in [6.45, 7) is 0. The van der Waals surface area contributed by atoms with Gasteiger partial charge in [0, 0.05) is 16.5 Å². The predicted molar refractivity (Wildman–Crippen MR) is 125 cm³/mol. The molecule has 0 spiro atoms. The van der Waals surface area contributed by atoms with Gasteiger partial charge in [-0.25, -0.2) is 4.98 Å². The molecule has 2 bridgehead atoms. The van der Waals surface area contributed by atoms with Gasteiger partial charge in [0.2, 0.25) is 5.91 Å². The molecule has 0 radical (unpaired) electrons. The molecule has 1 fully saturated rings. The number of aromatic nitrogens is 1. The van der Waals surface area contributed by atoms with Gasteiger partial charge >= 0.3 is 5.97 Å². The van der Waals surface area contributed by atoms with E-state index in [4.69, 9.17) is 11.6 Å². The molecule has 1 heterocycles. The van der Waals surface area contributed by atoms with Crippen LogP contribution in [0.1, 0.15) is 12.0 Å². The Morgan fingerprint density at radius 3 is 2.71 bits per heavy atom. The molecule has 2 aliphatic rings. The largest absolute Gasteiger partial charge is 0.481 e. The van der Waals surface area contributed by atoms with Crippen LogP contribution >= 0.6 is 34.7 Å². The first-order valence-electron chi connectivity index (χ1n) is 9.98. The first kappa shape index (κ1) is 20.5. The third-order valence-corrected chi connectivity index (χ3v) is 8.57. The highest BCUT2D eigenvalue weighted by Gasteiger charge is 2.51. The maximum Gasteiger partial charge on any atom is 0.307 e. The molecule has 2 aromatic carbocycles. The van der Waals surface area contributed by atoms with E-state index in [-0.39, 0.29) is 17.7 Å². The number of nitrogens with one attached hydrogen (secondary N) is 1. The van der Waals surface area contributed by atoms with Crippen molar-refractivity contribution in [2.75, 3.05) is 5.32 Å². The topological polar surface area (TPSA) is 79.3 Å². The Hall–Kier alpha value is -2.35. The van der Waals surface area contributed by atoms with Gasteiger partial charge in [-0.2, -0.15) is 0 Å². The Bertz CT molecular complexity index is 1210. The van der Waals surface area contributed by atoms with Crippen molar-refractivity contribution in [2.24, 2.45) is 23.7 Å². The fourth-order valence-corrected chi connectivity index (χ4v) is 6.93. The Morgan fingerprint density at radius 2 is 1.94 bits per heavy atom. The highest BCUT2D eigenvalue weighted by molar-refractivity contribution is 8.00. The van der Waals surface area contributed by atoms with Gasteiger partial charge in [0.05, 0.1) is 22.1 Å². The van der Waals surface area contributed by atoms with E-state index in [1.165, 1.54) is 0 Å². The molecule has 0 saturated heterocycles. The van der Waals surface area contributed by atoms with Crippen LogP contribution in [0.2, 0.25) is 5.02 Å². The molecule has 0 unspecified atom stereocenters. The Kier molecular flexibility index (Phi) is 5.50. The van der Waals surface area contributed by atoms with E-state index in [1.54, 1.807) is 23.1 Å². The van der Waals surface area contributed by atoms with Gasteiger partial charge in [-0.1, -0.05) is 53.7 Å². The molecule has 1 amide bonds. The molecular formula is C23H19ClN2O3S2. The second-order valence-electron chi connectivity index (χ2n) is 7.87. The van der Waals surface area contributed by atoms with E-state index in [9.17, 15) is 14.7 Å². The quantitative estimate of drug-likeness (QED) is 0.356. The molecule has 2 aliphatic carbocycles. The Balaban J connectivity index is 1.30. The smallest absolute Gasteiger partial charge is 0.307 e. The van der Waals surface area contributed by atoms with E-state index >= 15 is 0 Å². The van der Waals surface area contributed by atoms with E-state index in [2.05, 4.69) is 10.3 Å². The highest BCUT2D eigenvalue weighted by Crippen LogP contribution is 2.48. The van der Waals surface area contributed by atoms with Gasteiger partial charge in [-0.05, 0) is 48.1 Å². The number of benzene rings is 2. The first-order chi connectivity index (χ1) is 15.0. The fraction of sp³-hybridized carbons (Fsp3) is 0.261. The van der Waals surface area contributed by atoms with Crippen LogP contribution in [0.4, 0.5) is 5.69 Å². The molecule has 4 atom stereocenters. The minimum absolute atomic E-state index is 0.00560. The van der Waals surface area contributed by atoms with Gasteiger partial charge in [-0.15, -0.1) is 11.3 Å². The molecule has 0 aliphatic heterocycles. The van der Waals surface area contributed by atoms with Crippen molar-refractivity contribution in [1.82, 2.24) is 4.98 Å². The van der Waals surface area contributed by atoms with E-state index in [0.717, 1.165) is 37.3 Å². The van der Waals surface area contributed by atoms with Crippen LogP contribution in [0.3, 0.4) is 0 Å². The summed E-state index contributed by atoms with van der Waals surface area (Å²) < 4.78 is 1.91. The number of halogens is 1. The van der Waals surface area contributed by atoms with Crippen LogP contribution in [0, 0.1) is 23.7 Å². The zero-order valence-electron chi connectivity index (χ0n) is 16.3. The van der Waals surface area contributed by atoms with Gasteiger partial charge in [0.15, 0.2) is 4.34 Å². The number of carbonyl (C=O) groups is 2. The van der Waals surface area contributed by atoms with Crippen molar-refractivity contribution in [2.45, 2.75) is 16.5 Å². The lowest BCUT2D eigenvalue weighted by molar-refractivity contribution is -0.146. The van der Waals surface area contributed by atoms with Crippen LogP contribution < -0.4 is 5.32 Å². The van der Waals surface area contributed by atoms with Crippen LogP contribution in [-0.2, 0) is 15.3 Å². The predicted octanol–water partition coefficient (Wildman–Crippen LogP) is 5.70. The molecule has 5 rings (SSSR count). The number of anilines is 1. The van der Waals surface area contributed by atoms with Crippen molar-refractivity contribution in [3.8, 4) is 0 Å². The van der Waals surface area contributed by atoms with E-state index < -0.39 is 17.8 Å². The fourth-order valence-electron chi connectivity index (χ4n) is 4.54. The third-order valence-electron chi connectivity index (χ3n) is 5.99. The van der Waals surface area contributed by atoms with Gasteiger partial charge in [-0.3, -0.25) is 9.59 Å². The van der Waals surface area contributed by atoms with Crippen molar-refractivity contribution < 1.29 is 14.7 Å². The average molecular weight is 471 g/mol. The zero-order valence-corrected chi connectivity index (χ0v) is 18.7. The summed E-state index contributed by atoms with van der Waals surface area (Å²) in [4.78, 5) is 29.3. The van der Waals surface area contributed by atoms with E-state index in [0.29, 0.717) is 5.69 Å². The molecule has 8 heteroatoms. The number of rotatable bonds is 6. The van der Waals surface area contributed by atoms with Crippen molar-refractivity contribution in [3.63, 3.8) is 0 Å². The molecule has 2 N–H and O–H groups in total. The number of hydrogen-bond donors (Lipinski definition) is 2. The summed E-state index contributed by atoms with van der Waals surface area (Å²) in [5.74, 6) is -1.58. The maximum atomic E-state index is 12.9. The summed E-state index contributed by atoms with van der Waals surface area (Å²) >= 11 is 9.43. The lowest BCUT2D eigenvalue weighted by atomic mass is 9.82. The van der Waals surface area contributed by atoms with E-state index in [1.807, 2.05) is 54.6 Å². The number of fused-ring (bicyclic) bond motifs is 3. The molecular weight excluding hydrogens is 452 g/mol. The lowest BCUT2D eigenvalue weighted by Crippen LogP contribution is -2.36. The minimum Gasteiger partial charge on any atom is -0.481 e. The van der Waals surface area contributed by atoms with Crippen LogP contribution in [0.5, 0.6) is 0 Å². The van der Waals surface area contributed by atoms with Crippen LogP contribution in [-0.4, -0.2) is 22.0 Å². The number of thioether (sulfide) groups is 1. The molecule has 1 aromatic heterocycles. The van der Waals surface area contributed by atoms with Crippen molar-refractivity contribution in [1.29, 1.82) is 0 Å². The Morgan fingerprint density at radius 1 is 1.16 bits per heavy atom. The summed E-state index contributed by atoms with van der Waals surface area (Å²) in [5.41, 5.74) is 2.60. The normalized spacial score (nSPS) is 24.0. The molecule has 5 nitrogen and oxygen atoms in total. The number of allylic oxidation sites excluding steroid dienone is 2.